The van der Waals surface area contributed by atoms with Gasteiger partial charge in [-0.2, -0.15) is 5.10 Å². The maximum Gasteiger partial charge on any atom is 0.343 e. The molecule has 0 bridgehead atoms. The van der Waals surface area contributed by atoms with Crippen molar-refractivity contribution in [2.24, 2.45) is 5.10 Å². The van der Waals surface area contributed by atoms with E-state index in [4.69, 9.17) is 9.52 Å². The summed E-state index contributed by atoms with van der Waals surface area (Å²) in [5, 5.41) is 16.6. The van der Waals surface area contributed by atoms with Crippen LogP contribution in [0.2, 0.25) is 0 Å². The minimum Gasteiger partial charge on any atom is -0.507 e. The van der Waals surface area contributed by atoms with E-state index in [0.29, 0.717) is 17.4 Å². The number of hydrogen-bond donors (Lipinski definition) is 2. The first-order valence-electron chi connectivity index (χ1n) is 12.6. The molecule has 6 nitrogen and oxygen atoms in total. The van der Waals surface area contributed by atoms with Crippen molar-refractivity contribution in [3.05, 3.63) is 106 Å². The van der Waals surface area contributed by atoms with Crippen LogP contribution < -0.4 is 11.1 Å². The molecular formula is C30H31N3O3. The molecule has 0 spiro atoms. The number of likely N-dealkylation sites (tertiary alicyclic amines) is 1. The number of anilines is 1. The number of nitrogens with zero attached hydrogens (tertiary/aromatic N) is 2. The van der Waals surface area contributed by atoms with Gasteiger partial charge in [-0.1, -0.05) is 60.7 Å². The predicted molar refractivity (Wildman–Crippen MR) is 145 cm³/mol. The molecule has 184 valence electrons. The van der Waals surface area contributed by atoms with Crippen LogP contribution in [0.1, 0.15) is 42.7 Å². The summed E-state index contributed by atoms with van der Waals surface area (Å²) in [5.41, 5.74) is 6.10. The zero-order valence-electron chi connectivity index (χ0n) is 20.3. The molecule has 1 atom stereocenters. The van der Waals surface area contributed by atoms with Crippen molar-refractivity contribution in [1.29, 1.82) is 0 Å². The SMILES string of the molecule is O=c1oc2ccccc2c(O)c1[C@@H](C/C(CCN1CCCC1)=N\Nc1ccccc1)c1ccccc1. The Labute approximate surface area is 210 Å². The van der Waals surface area contributed by atoms with Crippen molar-refractivity contribution in [2.45, 2.75) is 31.6 Å². The number of fused-ring (bicyclic) bond motifs is 1. The van der Waals surface area contributed by atoms with Gasteiger partial charge in [0.05, 0.1) is 16.6 Å². The molecule has 3 aromatic carbocycles. The molecular weight excluding hydrogens is 450 g/mol. The summed E-state index contributed by atoms with van der Waals surface area (Å²) in [6, 6.07) is 26.8. The van der Waals surface area contributed by atoms with Gasteiger partial charge >= 0.3 is 5.63 Å². The van der Waals surface area contributed by atoms with Gasteiger partial charge in [0, 0.05) is 24.6 Å². The summed E-state index contributed by atoms with van der Waals surface area (Å²) in [6.07, 6.45) is 3.71. The molecule has 4 aromatic rings. The highest BCUT2D eigenvalue weighted by atomic mass is 16.4. The van der Waals surface area contributed by atoms with E-state index >= 15 is 0 Å². The standard InChI is InChI=1S/C30H31N3O3/c34-29-25-15-7-8-16-27(25)36-30(35)28(29)26(22-11-3-1-4-12-22)21-24(17-20-33-18-9-10-19-33)32-31-23-13-5-2-6-14-23/h1-8,11-16,26,31,34H,9-10,17-21H2/b32-24-/t26-/m0/s1. The number of nitrogens with one attached hydrogen (secondary N) is 1. The molecule has 0 radical (unpaired) electrons. The number of aromatic hydroxyl groups is 1. The van der Waals surface area contributed by atoms with E-state index in [1.807, 2.05) is 66.7 Å². The molecule has 0 amide bonds. The lowest BCUT2D eigenvalue weighted by Gasteiger charge is -2.21. The van der Waals surface area contributed by atoms with Crippen LogP contribution in [0.5, 0.6) is 5.75 Å². The number of hydrazone groups is 1. The largest absolute Gasteiger partial charge is 0.507 e. The first-order valence-corrected chi connectivity index (χ1v) is 12.6. The molecule has 6 heteroatoms. The maximum atomic E-state index is 13.2. The highest BCUT2D eigenvalue weighted by Gasteiger charge is 2.26. The number of para-hydroxylation sites is 2. The average Bonchev–Trinajstić information content (AvgIpc) is 3.44. The summed E-state index contributed by atoms with van der Waals surface area (Å²) in [4.78, 5) is 15.7. The van der Waals surface area contributed by atoms with Gasteiger partial charge in [-0.15, -0.1) is 0 Å². The van der Waals surface area contributed by atoms with Crippen LogP contribution >= 0.6 is 0 Å². The predicted octanol–water partition coefficient (Wildman–Crippen LogP) is 5.97. The minimum atomic E-state index is -0.519. The van der Waals surface area contributed by atoms with Crippen molar-refractivity contribution in [3.63, 3.8) is 0 Å². The molecule has 1 aliphatic heterocycles. The van der Waals surface area contributed by atoms with Crippen molar-refractivity contribution in [3.8, 4) is 5.75 Å². The molecule has 2 heterocycles. The summed E-state index contributed by atoms with van der Waals surface area (Å²) < 4.78 is 5.65. The second-order valence-corrected chi connectivity index (χ2v) is 9.27. The number of benzene rings is 3. The molecule has 2 N–H and O–H groups in total. The van der Waals surface area contributed by atoms with Crippen LogP contribution in [0.4, 0.5) is 5.69 Å². The third kappa shape index (κ3) is 5.50. The monoisotopic (exact) mass is 481 g/mol. The van der Waals surface area contributed by atoms with E-state index in [2.05, 4.69) is 10.3 Å². The molecule has 1 aliphatic rings. The van der Waals surface area contributed by atoms with Crippen LogP contribution in [0.15, 0.2) is 99.2 Å². The Hall–Kier alpha value is -3.90. The molecule has 5 rings (SSSR count). The Morgan fingerprint density at radius 3 is 2.36 bits per heavy atom. The summed E-state index contributed by atoms with van der Waals surface area (Å²) in [6.45, 7) is 3.13. The highest BCUT2D eigenvalue weighted by Crippen LogP contribution is 2.36. The molecule has 0 aliphatic carbocycles. The number of hydrogen-bond acceptors (Lipinski definition) is 6. The fraction of sp³-hybridized carbons (Fsp3) is 0.267. The van der Waals surface area contributed by atoms with Crippen LogP contribution in [0.25, 0.3) is 11.0 Å². The fourth-order valence-corrected chi connectivity index (χ4v) is 4.92. The van der Waals surface area contributed by atoms with Gasteiger partial charge < -0.3 is 14.4 Å². The van der Waals surface area contributed by atoms with Crippen LogP contribution in [-0.2, 0) is 0 Å². The van der Waals surface area contributed by atoms with Crippen molar-refractivity contribution < 1.29 is 9.52 Å². The quantitative estimate of drug-likeness (QED) is 0.175. The van der Waals surface area contributed by atoms with E-state index < -0.39 is 11.5 Å². The lowest BCUT2D eigenvalue weighted by molar-refractivity contribution is 0.349. The Morgan fingerprint density at radius 1 is 0.944 bits per heavy atom. The Balaban J connectivity index is 1.53. The van der Waals surface area contributed by atoms with Crippen molar-refractivity contribution >= 4 is 22.4 Å². The van der Waals surface area contributed by atoms with Gasteiger partial charge in [0.1, 0.15) is 11.3 Å². The molecule has 1 aromatic heterocycles. The van der Waals surface area contributed by atoms with E-state index in [1.54, 1.807) is 18.2 Å². The Morgan fingerprint density at radius 2 is 1.61 bits per heavy atom. The van der Waals surface area contributed by atoms with E-state index in [-0.39, 0.29) is 11.3 Å². The van der Waals surface area contributed by atoms with Crippen molar-refractivity contribution in [1.82, 2.24) is 4.90 Å². The van der Waals surface area contributed by atoms with Crippen LogP contribution in [-0.4, -0.2) is 35.4 Å². The van der Waals surface area contributed by atoms with Gasteiger partial charge in [0.15, 0.2) is 0 Å². The Bertz CT molecular complexity index is 1380. The van der Waals surface area contributed by atoms with Crippen LogP contribution in [0, 0.1) is 0 Å². The van der Waals surface area contributed by atoms with Crippen molar-refractivity contribution in [2.75, 3.05) is 25.1 Å². The Kier molecular flexibility index (Phi) is 7.43. The molecule has 1 saturated heterocycles. The fourth-order valence-electron chi connectivity index (χ4n) is 4.92. The zero-order valence-corrected chi connectivity index (χ0v) is 20.3. The molecule has 0 unspecified atom stereocenters. The maximum absolute atomic E-state index is 13.2. The van der Waals surface area contributed by atoms with Gasteiger partial charge in [-0.25, -0.2) is 4.79 Å². The normalized spacial score (nSPS) is 15.3. The highest BCUT2D eigenvalue weighted by molar-refractivity contribution is 5.88. The average molecular weight is 482 g/mol. The first kappa shape index (κ1) is 23.8. The minimum absolute atomic E-state index is 0.0226. The lowest BCUT2D eigenvalue weighted by atomic mass is 9.86. The summed E-state index contributed by atoms with van der Waals surface area (Å²) in [5.74, 6) is -0.424. The van der Waals surface area contributed by atoms with Gasteiger partial charge in [0.2, 0.25) is 0 Å². The van der Waals surface area contributed by atoms with Gasteiger partial charge in [-0.05, 0) is 62.2 Å². The van der Waals surface area contributed by atoms with E-state index in [0.717, 1.165) is 43.0 Å². The van der Waals surface area contributed by atoms with Crippen LogP contribution in [0.3, 0.4) is 0 Å². The third-order valence-corrected chi connectivity index (χ3v) is 6.84. The third-order valence-electron chi connectivity index (χ3n) is 6.84. The smallest absolute Gasteiger partial charge is 0.343 e. The second kappa shape index (κ2) is 11.2. The molecule has 1 fully saturated rings. The van der Waals surface area contributed by atoms with E-state index in [9.17, 15) is 9.90 Å². The van der Waals surface area contributed by atoms with Gasteiger partial charge in [0.25, 0.3) is 0 Å². The summed E-state index contributed by atoms with van der Waals surface area (Å²) in [7, 11) is 0. The number of rotatable bonds is 9. The first-order chi connectivity index (χ1) is 17.7. The molecule has 36 heavy (non-hydrogen) atoms. The van der Waals surface area contributed by atoms with E-state index in [1.165, 1.54) is 12.8 Å². The zero-order chi connectivity index (χ0) is 24.7. The topological polar surface area (TPSA) is 78.1 Å². The lowest BCUT2D eigenvalue weighted by Crippen LogP contribution is -2.24. The summed E-state index contributed by atoms with van der Waals surface area (Å²) >= 11 is 0. The molecule has 0 saturated carbocycles. The second-order valence-electron chi connectivity index (χ2n) is 9.27. The van der Waals surface area contributed by atoms with Gasteiger partial charge in [-0.3, -0.25) is 5.43 Å².